The number of benzene rings is 2. The first-order valence-electron chi connectivity index (χ1n) is 8.23. The molecule has 1 saturated heterocycles. The molecule has 2 bridgehead atoms. The molecule has 0 saturated carbocycles. The molecule has 1 unspecified atom stereocenters. The fraction of sp³-hybridized carbons (Fsp3) is 0.350. The lowest BCUT2D eigenvalue weighted by Gasteiger charge is -2.37. The Kier molecular flexibility index (Phi) is 3.56. The predicted octanol–water partition coefficient (Wildman–Crippen LogP) is 4.97. The van der Waals surface area contributed by atoms with Crippen LogP contribution in [0.2, 0.25) is 0 Å². The summed E-state index contributed by atoms with van der Waals surface area (Å²) >= 11 is 3.58. The zero-order valence-corrected chi connectivity index (χ0v) is 15.1. The number of carbonyl (C=O) groups excluding carboxylic acids is 1. The Hall–Kier alpha value is -1.61. The molecule has 2 aliphatic heterocycles. The van der Waals surface area contributed by atoms with Crippen LogP contribution in [0, 0.1) is 13.8 Å². The maximum atomic E-state index is 13.2. The minimum absolute atomic E-state index is 0.198. The molecule has 2 aliphatic rings. The van der Waals surface area contributed by atoms with E-state index in [0.717, 1.165) is 40.4 Å². The summed E-state index contributed by atoms with van der Waals surface area (Å²) < 4.78 is 1.10. The van der Waals surface area contributed by atoms with Crippen molar-refractivity contribution in [3.8, 4) is 0 Å². The van der Waals surface area contributed by atoms with Crippen molar-refractivity contribution in [3.63, 3.8) is 0 Å². The molecule has 118 valence electrons. The molecule has 1 fully saturated rings. The average molecular weight is 370 g/mol. The summed E-state index contributed by atoms with van der Waals surface area (Å²) in [7, 11) is 0. The second-order valence-electron chi connectivity index (χ2n) is 6.83. The summed E-state index contributed by atoms with van der Waals surface area (Å²) in [5.74, 6) is 0.198. The van der Waals surface area contributed by atoms with E-state index in [1.54, 1.807) is 0 Å². The third-order valence-corrected chi connectivity index (χ3v) is 5.78. The maximum Gasteiger partial charge on any atom is 0.254 e. The lowest BCUT2D eigenvalue weighted by molar-refractivity contribution is 0.0645. The molecule has 4 rings (SSSR count). The number of amides is 1. The van der Waals surface area contributed by atoms with Crippen LogP contribution in [0.15, 0.2) is 40.9 Å². The number of aryl methyl sites for hydroxylation is 2. The van der Waals surface area contributed by atoms with Crippen molar-refractivity contribution in [3.05, 3.63) is 68.7 Å². The van der Waals surface area contributed by atoms with Gasteiger partial charge < -0.3 is 4.90 Å². The Bertz CT molecular complexity index is 798. The quantitative estimate of drug-likeness (QED) is 0.694. The van der Waals surface area contributed by atoms with E-state index in [2.05, 4.69) is 51.2 Å². The molecule has 3 heteroatoms. The van der Waals surface area contributed by atoms with Crippen molar-refractivity contribution in [2.45, 2.75) is 45.2 Å². The first kappa shape index (κ1) is 14.9. The van der Waals surface area contributed by atoms with E-state index < -0.39 is 0 Å². The number of hydrogen-bond donors (Lipinski definition) is 0. The average Bonchev–Trinajstić information content (AvgIpc) is 2.85. The zero-order valence-electron chi connectivity index (χ0n) is 13.5. The molecule has 1 amide bonds. The fourth-order valence-corrected chi connectivity index (χ4v) is 4.50. The van der Waals surface area contributed by atoms with Gasteiger partial charge in [0.2, 0.25) is 0 Å². The monoisotopic (exact) mass is 369 g/mol. The highest BCUT2D eigenvalue weighted by molar-refractivity contribution is 9.10. The second-order valence-corrected chi connectivity index (χ2v) is 7.74. The summed E-state index contributed by atoms with van der Waals surface area (Å²) in [6, 6.07) is 13.3. The van der Waals surface area contributed by atoms with Gasteiger partial charge in [-0.05, 0) is 68.0 Å². The summed E-state index contributed by atoms with van der Waals surface area (Å²) in [6.45, 7) is 4.08. The summed E-state index contributed by atoms with van der Waals surface area (Å²) in [6.07, 6.45) is 3.16. The Labute approximate surface area is 145 Å². The topological polar surface area (TPSA) is 20.3 Å². The first-order valence-corrected chi connectivity index (χ1v) is 9.02. The van der Waals surface area contributed by atoms with Crippen LogP contribution in [0.4, 0.5) is 0 Å². The fourth-order valence-electron chi connectivity index (χ4n) is 4.12. The van der Waals surface area contributed by atoms with E-state index in [0.29, 0.717) is 6.04 Å². The van der Waals surface area contributed by atoms with Crippen molar-refractivity contribution in [1.82, 2.24) is 4.90 Å². The molecule has 0 spiro atoms. The molecule has 2 atom stereocenters. The first-order chi connectivity index (χ1) is 11.0. The van der Waals surface area contributed by atoms with Gasteiger partial charge in [-0.2, -0.15) is 0 Å². The van der Waals surface area contributed by atoms with Crippen LogP contribution < -0.4 is 0 Å². The van der Waals surface area contributed by atoms with Crippen LogP contribution >= 0.6 is 15.9 Å². The molecule has 23 heavy (non-hydrogen) atoms. The Balaban J connectivity index is 1.76. The van der Waals surface area contributed by atoms with Crippen LogP contribution in [-0.2, 0) is 6.42 Å². The van der Waals surface area contributed by atoms with E-state index in [-0.39, 0.29) is 11.9 Å². The molecule has 0 aliphatic carbocycles. The molecule has 0 N–H and O–H groups in total. The molecule has 2 nitrogen and oxygen atoms in total. The normalized spacial score (nSPS) is 22.1. The van der Waals surface area contributed by atoms with Gasteiger partial charge in [-0.25, -0.2) is 0 Å². The van der Waals surface area contributed by atoms with Gasteiger partial charge in [0.05, 0.1) is 6.04 Å². The van der Waals surface area contributed by atoms with E-state index in [9.17, 15) is 4.79 Å². The van der Waals surface area contributed by atoms with E-state index in [1.165, 1.54) is 11.1 Å². The maximum absolute atomic E-state index is 13.2. The predicted molar refractivity (Wildman–Crippen MR) is 95.7 cm³/mol. The number of halogens is 1. The Morgan fingerprint density at radius 1 is 1.13 bits per heavy atom. The number of fused-ring (bicyclic) bond motifs is 4. The summed E-state index contributed by atoms with van der Waals surface area (Å²) in [5.41, 5.74) is 5.81. The standard InChI is InChI=1S/C20H20BrNO/c1-12-3-4-13(2)17(9-12)20(23)22-16-7-8-19(22)18-11-15(21)6-5-14(18)10-16/h3-6,9,11,16,19H,7-8,10H2,1-2H3/t16-,19?/m1/s1. The van der Waals surface area contributed by atoms with E-state index in [1.807, 2.05) is 19.9 Å². The summed E-state index contributed by atoms with van der Waals surface area (Å²) in [4.78, 5) is 15.4. The van der Waals surface area contributed by atoms with Crippen LogP contribution in [0.25, 0.3) is 0 Å². The smallest absolute Gasteiger partial charge is 0.254 e. The molecular formula is C20H20BrNO. The number of rotatable bonds is 1. The minimum atomic E-state index is 0.198. The number of hydrogen-bond acceptors (Lipinski definition) is 1. The van der Waals surface area contributed by atoms with Gasteiger partial charge in [0, 0.05) is 16.1 Å². The van der Waals surface area contributed by atoms with Crippen LogP contribution in [0.3, 0.4) is 0 Å². The number of carbonyl (C=O) groups is 1. The minimum Gasteiger partial charge on any atom is -0.328 e. The second kappa shape index (κ2) is 5.48. The van der Waals surface area contributed by atoms with Crippen LogP contribution in [-0.4, -0.2) is 16.8 Å². The van der Waals surface area contributed by atoms with Crippen LogP contribution in [0.1, 0.15) is 51.5 Å². The highest BCUT2D eigenvalue weighted by Gasteiger charge is 2.42. The van der Waals surface area contributed by atoms with Crippen LogP contribution in [0.5, 0.6) is 0 Å². The molecule has 0 aromatic heterocycles. The summed E-state index contributed by atoms with van der Waals surface area (Å²) in [5, 5.41) is 0. The molecular weight excluding hydrogens is 350 g/mol. The van der Waals surface area contributed by atoms with Crippen molar-refractivity contribution in [1.29, 1.82) is 0 Å². The molecule has 0 radical (unpaired) electrons. The van der Waals surface area contributed by atoms with Gasteiger partial charge in [0.15, 0.2) is 0 Å². The van der Waals surface area contributed by atoms with Gasteiger partial charge in [-0.3, -0.25) is 4.79 Å². The molecule has 2 aromatic rings. The highest BCUT2D eigenvalue weighted by atomic mass is 79.9. The van der Waals surface area contributed by atoms with Crippen molar-refractivity contribution >= 4 is 21.8 Å². The van der Waals surface area contributed by atoms with Gasteiger partial charge in [-0.15, -0.1) is 0 Å². The van der Waals surface area contributed by atoms with Crippen molar-refractivity contribution in [2.75, 3.05) is 0 Å². The van der Waals surface area contributed by atoms with Gasteiger partial charge in [0.25, 0.3) is 5.91 Å². The highest BCUT2D eigenvalue weighted by Crippen LogP contribution is 2.45. The van der Waals surface area contributed by atoms with E-state index >= 15 is 0 Å². The van der Waals surface area contributed by atoms with E-state index in [4.69, 9.17) is 0 Å². The van der Waals surface area contributed by atoms with Crippen molar-refractivity contribution in [2.24, 2.45) is 0 Å². The Morgan fingerprint density at radius 2 is 1.96 bits per heavy atom. The lowest BCUT2D eigenvalue weighted by atomic mass is 9.92. The number of nitrogens with zero attached hydrogens (tertiary/aromatic N) is 1. The third-order valence-electron chi connectivity index (χ3n) is 5.28. The zero-order chi connectivity index (χ0) is 16.1. The third kappa shape index (κ3) is 2.42. The molecule has 2 heterocycles. The van der Waals surface area contributed by atoms with Gasteiger partial charge in [0.1, 0.15) is 0 Å². The SMILES string of the molecule is Cc1ccc(C)c(C(=O)N2C3CC[C@@H]2Cc2ccc(Br)cc23)c1. The lowest BCUT2D eigenvalue weighted by Crippen LogP contribution is -2.42. The molecule has 2 aromatic carbocycles. The Morgan fingerprint density at radius 3 is 2.78 bits per heavy atom. The van der Waals surface area contributed by atoms with Gasteiger partial charge in [-0.1, -0.05) is 39.7 Å². The largest absolute Gasteiger partial charge is 0.328 e. The van der Waals surface area contributed by atoms with Crippen molar-refractivity contribution < 1.29 is 4.79 Å². The van der Waals surface area contributed by atoms with Gasteiger partial charge >= 0.3 is 0 Å².